The van der Waals surface area contributed by atoms with Crippen LogP contribution in [0.4, 0.5) is 11.4 Å². The minimum absolute atomic E-state index is 0.0280. The Labute approximate surface area is 175 Å². The standard InChI is InChI=1S/C22H26N4O2S/c1-25(16-22-24-19-4-2-3-5-20(19)29-22)11-10-21(27)23-17-6-8-18(9-7-17)26-12-14-28-15-13-26/h2-9H,10-16H2,1H3,(H,23,27). The van der Waals surface area contributed by atoms with Crippen molar-refractivity contribution in [2.45, 2.75) is 13.0 Å². The number of anilines is 2. The first-order valence-electron chi connectivity index (χ1n) is 9.93. The van der Waals surface area contributed by atoms with Crippen LogP contribution >= 0.6 is 11.3 Å². The number of aromatic nitrogens is 1. The number of ether oxygens (including phenoxy) is 1. The van der Waals surface area contributed by atoms with Crippen molar-refractivity contribution in [1.29, 1.82) is 0 Å². The fourth-order valence-electron chi connectivity index (χ4n) is 3.39. The fraction of sp³-hybridized carbons (Fsp3) is 0.364. The van der Waals surface area contributed by atoms with Crippen molar-refractivity contribution in [3.8, 4) is 0 Å². The van der Waals surface area contributed by atoms with Crippen LogP contribution in [0, 0.1) is 0 Å². The Kier molecular flexibility index (Phi) is 6.39. The number of rotatable bonds is 7. The summed E-state index contributed by atoms with van der Waals surface area (Å²) in [7, 11) is 2.02. The number of fused-ring (bicyclic) bond motifs is 1. The molecule has 1 aliphatic heterocycles. The number of amides is 1. The van der Waals surface area contributed by atoms with Gasteiger partial charge in [0.05, 0.1) is 30.0 Å². The third-order valence-electron chi connectivity index (χ3n) is 4.99. The molecular weight excluding hydrogens is 384 g/mol. The molecule has 0 unspecified atom stereocenters. The lowest BCUT2D eigenvalue weighted by atomic mass is 10.2. The van der Waals surface area contributed by atoms with Gasteiger partial charge in [0.25, 0.3) is 0 Å². The molecule has 2 aromatic carbocycles. The van der Waals surface area contributed by atoms with Gasteiger partial charge >= 0.3 is 0 Å². The molecule has 0 atom stereocenters. The van der Waals surface area contributed by atoms with E-state index >= 15 is 0 Å². The molecule has 6 nitrogen and oxygen atoms in total. The van der Waals surface area contributed by atoms with Crippen molar-refractivity contribution in [2.24, 2.45) is 0 Å². The maximum Gasteiger partial charge on any atom is 0.225 e. The van der Waals surface area contributed by atoms with E-state index in [0.29, 0.717) is 13.0 Å². The second kappa shape index (κ2) is 9.35. The summed E-state index contributed by atoms with van der Waals surface area (Å²) >= 11 is 1.71. The van der Waals surface area contributed by atoms with Crippen molar-refractivity contribution < 1.29 is 9.53 Å². The Morgan fingerprint density at radius 3 is 2.69 bits per heavy atom. The summed E-state index contributed by atoms with van der Waals surface area (Å²) in [4.78, 5) is 21.4. The number of morpholine rings is 1. The van der Waals surface area contributed by atoms with Crippen LogP contribution in [0.2, 0.25) is 0 Å². The van der Waals surface area contributed by atoms with E-state index in [0.717, 1.165) is 49.1 Å². The lowest BCUT2D eigenvalue weighted by Gasteiger charge is -2.28. The molecule has 0 saturated carbocycles. The summed E-state index contributed by atoms with van der Waals surface area (Å²) in [6.07, 6.45) is 0.451. The minimum Gasteiger partial charge on any atom is -0.378 e. The van der Waals surface area contributed by atoms with Crippen molar-refractivity contribution >= 4 is 38.8 Å². The highest BCUT2D eigenvalue weighted by Gasteiger charge is 2.12. The van der Waals surface area contributed by atoms with Gasteiger partial charge in [-0.2, -0.15) is 0 Å². The van der Waals surface area contributed by atoms with Crippen LogP contribution in [0.5, 0.6) is 0 Å². The zero-order chi connectivity index (χ0) is 20.1. The van der Waals surface area contributed by atoms with Gasteiger partial charge in [0.1, 0.15) is 5.01 Å². The van der Waals surface area contributed by atoms with Gasteiger partial charge in [0.15, 0.2) is 0 Å². The number of nitrogens with zero attached hydrogens (tertiary/aromatic N) is 3. The van der Waals surface area contributed by atoms with Crippen molar-refractivity contribution in [3.63, 3.8) is 0 Å². The van der Waals surface area contributed by atoms with Crippen LogP contribution in [0.25, 0.3) is 10.2 Å². The van der Waals surface area contributed by atoms with Crippen LogP contribution in [-0.2, 0) is 16.1 Å². The van der Waals surface area contributed by atoms with Gasteiger partial charge in [-0.1, -0.05) is 12.1 Å². The molecular formula is C22H26N4O2S. The molecule has 1 fully saturated rings. The second-order valence-corrected chi connectivity index (χ2v) is 8.37. The van der Waals surface area contributed by atoms with E-state index in [1.54, 1.807) is 11.3 Å². The zero-order valence-corrected chi connectivity index (χ0v) is 17.5. The molecule has 0 radical (unpaired) electrons. The van der Waals surface area contributed by atoms with Gasteiger partial charge < -0.3 is 15.0 Å². The van der Waals surface area contributed by atoms with Crippen molar-refractivity contribution in [1.82, 2.24) is 9.88 Å². The summed E-state index contributed by atoms with van der Waals surface area (Å²) in [6, 6.07) is 16.2. The average molecular weight is 411 g/mol. The first kappa shape index (κ1) is 19.8. The monoisotopic (exact) mass is 410 g/mol. The molecule has 4 rings (SSSR count). The number of para-hydroxylation sites is 1. The van der Waals surface area contributed by atoms with Crippen LogP contribution in [-0.4, -0.2) is 55.7 Å². The Bertz CT molecular complexity index is 918. The van der Waals surface area contributed by atoms with E-state index < -0.39 is 0 Å². The second-order valence-electron chi connectivity index (χ2n) is 7.26. The SMILES string of the molecule is CN(CCC(=O)Nc1ccc(N2CCOCC2)cc1)Cc1nc2ccccc2s1. The largest absolute Gasteiger partial charge is 0.378 e. The van der Waals surface area contributed by atoms with Crippen LogP contribution in [0.1, 0.15) is 11.4 Å². The first-order chi connectivity index (χ1) is 14.2. The van der Waals surface area contributed by atoms with Gasteiger partial charge in [0, 0.05) is 37.4 Å². The molecule has 7 heteroatoms. The van der Waals surface area contributed by atoms with Gasteiger partial charge in [-0.05, 0) is 43.4 Å². The number of carbonyl (C=O) groups excluding carboxylic acids is 1. The number of hydrogen-bond acceptors (Lipinski definition) is 6. The predicted molar refractivity (Wildman–Crippen MR) is 119 cm³/mol. The summed E-state index contributed by atoms with van der Waals surface area (Å²) in [5, 5.41) is 4.07. The van der Waals surface area contributed by atoms with Gasteiger partial charge in [-0.3, -0.25) is 9.69 Å². The Hall–Kier alpha value is -2.48. The number of carbonyl (C=O) groups is 1. The minimum atomic E-state index is 0.0280. The molecule has 0 bridgehead atoms. The highest BCUT2D eigenvalue weighted by Crippen LogP contribution is 2.22. The highest BCUT2D eigenvalue weighted by atomic mass is 32.1. The molecule has 3 aromatic rings. The fourth-order valence-corrected chi connectivity index (χ4v) is 4.44. The van der Waals surface area contributed by atoms with E-state index in [2.05, 4.69) is 38.3 Å². The molecule has 1 aliphatic rings. The van der Waals surface area contributed by atoms with Gasteiger partial charge in [-0.15, -0.1) is 11.3 Å². The van der Waals surface area contributed by atoms with E-state index in [9.17, 15) is 4.79 Å². The predicted octanol–water partition coefficient (Wildman–Crippen LogP) is 3.59. The normalized spacial score (nSPS) is 14.5. The van der Waals surface area contributed by atoms with E-state index in [4.69, 9.17) is 4.74 Å². The van der Waals surface area contributed by atoms with Crippen molar-refractivity contribution in [2.75, 3.05) is 50.1 Å². The molecule has 0 aliphatic carbocycles. The average Bonchev–Trinajstić information content (AvgIpc) is 3.16. The molecule has 1 saturated heterocycles. The van der Waals surface area contributed by atoms with E-state index in [1.165, 1.54) is 10.4 Å². The topological polar surface area (TPSA) is 57.7 Å². The summed E-state index contributed by atoms with van der Waals surface area (Å²) in [5.41, 5.74) is 3.04. The smallest absolute Gasteiger partial charge is 0.225 e. The molecule has 1 amide bonds. The molecule has 1 N–H and O–H groups in total. The number of benzene rings is 2. The highest BCUT2D eigenvalue weighted by molar-refractivity contribution is 7.18. The van der Waals surface area contributed by atoms with E-state index in [-0.39, 0.29) is 5.91 Å². The molecule has 29 heavy (non-hydrogen) atoms. The van der Waals surface area contributed by atoms with Crippen molar-refractivity contribution in [3.05, 3.63) is 53.5 Å². The van der Waals surface area contributed by atoms with Gasteiger partial charge in [-0.25, -0.2) is 4.98 Å². The first-order valence-corrected chi connectivity index (χ1v) is 10.7. The maximum atomic E-state index is 12.3. The van der Waals surface area contributed by atoms with Crippen LogP contribution in [0.15, 0.2) is 48.5 Å². The Balaban J connectivity index is 1.23. The van der Waals surface area contributed by atoms with Crippen LogP contribution < -0.4 is 10.2 Å². The summed E-state index contributed by atoms with van der Waals surface area (Å²) in [6.45, 7) is 4.79. The quantitative estimate of drug-likeness (QED) is 0.645. The Morgan fingerprint density at radius 2 is 1.93 bits per heavy atom. The van der Waals surface area contributed by atoms with Crippen LogP contribution in [0.3, 0.4) is 0 Å². The number of thiazole rings is 1. The van der Waals surface area contributed by atoms with E-state index in [1.807, 2.05) is 37.4 Å². The molecule has 0 spiro atoms. The summed E-state index contributed by atoms with van der Waals surface area (Å²) in [5.74, 6) is 0.0280. The number of nitrogens with one attached hydrogen (secondary N) is 1. The summed E-state index contributed by atoms with van der Waals surface area (Å²) < 4.78 is 6.59. The number of hydrogen-bond donors (Lipinski definition) is 1. The molecule has 1 aromatic heterocycles. The third-order valence-corrected chi connectivity index (χ3v) is 6.01. The van der Waals surface area contributed by atoms with Gasteiger partial charge in [0.2, 0.25) is 5.91 Å². The Morgan fingerprint density at radius 1 is 1.17 bits per heavy atom. The zero-order valence-electron chi connectivity index (χ0n) is 16.6. The molecule has 2 heterocycles. The molecule has 152 valence electrons. The third kappa shape index (κ3) is 5.32. The lowest BCUT2D eigenvalue weighted by Crippen LogP contribution is -2.36. The lowest BCUT2D eigenvalue weighted by molar-refractivity contribution is -0.116. The maximum absolute atomic E-state index is 12.3.